The van der Waals surface area contributed by atoms with Crippen molar-refractivity contribution in [1.82, 2.24) is 39.5 Å². The van der Waals surface area contributed by atoms with Gasteiger partial charge >= 0.3 is 5.97 Å². The number of esters is 1. The Morgan fingerprint density at radius 3 is 1.67 bits per heavy atom. The van der Waals surface area contributed by atoms with E-state index in [0.717, 1.165) is 12.8 Å². The van der Waals surface area contributed by atoms with E-state index in [2.05, 4.69) is 61.5 Å². The van der Waals surface area contributed by atoms with Gasteiger partial charge in [0, 0.05) is 28.9 Å². The summed E-state index contributed by atoms with van der Waals surface area (Å²) in [7, 11) is 0. The number of alkyl halides is 4. The van der Waals surface area contributed by atoms with E-state index in [1.165, 1.54) is 25.3 Å². The van der Waals surface area contributed by atoms with Crippen LogP contribution in [-0.4, -0.2) is 105 Å². The Bertz CT molecular complexity index is 2890. The zero-order valence-corrected chi connectivity index (χ0v) is 42.6. The number of rotatable bonds is 10. The summed E-state index contributed by atoms with van der Waals surface area (Å²) in [5, 5.41) is 5.09. The number of hydrogen-bond acceptors (Lipinski definition) is 13. The number of amides is 2. The molecule has 3 fully saturated rings. The zero-order chi connectivity index (χ0) is 52.2. The first kappa shape index (κ1) is 54.1. The first-order valence-electron chi connectivity index (χ1n) is 24.1. The van der Waals surface area contributed by atoms with Gasteiger partial charge in [-0.15, -0.1) is 0 Å². The smallest absolute Gasteiger partial charge is 0.340 e. The Labute approximate surface area is 428 Å². The van der Waals surface area contributed by atoms with Crippen LogP contribution in [-0.2, 0) is 18.9 Å². The van der Waals surface area contributed by atoms with Gasteiger partial charge in [0.15, 0.2) is 47.0 Å². The number of benzene rings is 3. The van der Waals surface area contributed by atoms with Gasteiger partial charge in [-0.25, -0.2) is 47.9 Å². The van der Waals surface area contributed by atoms with Crippen LogP contribution in [0.5, 0.6) is 0 Å². The van der Waals surface area contributed by atoms with Crippen molar-refractivity contribution in [3.8, 4) is 0 Å². The van der Waals surface area contributed by atoms with Crippen LogP contribution in [0.2, 0.25) is 0 Å². The average molecular weight is 1070 g/mol. The fourth-order valence-electron chi connectivity index (χ4n) is 8.47. The van der Waals surface area contributed by atoms with Crippen molar-refractivity contribution in [2.45, 2.75) is 115 Å². The third-order valence-corrected chi connectivity index (χ3v) is 13.5. The summed E-state index contributed by atoms with van der Waals surface area (Å²) in [5.41, 5.74) is 3.43. The molecule has 2 unspecified atom stereocenters. The highest BCUT2D eigenvalue weighted by molar-refractivity contribution is 9.09. The summed E-state index contributed by atoms with van der Waals surface area (Å²) in [4.78, 5) is 63.7. The first-order valence-corrected chi connectivity index (χ1v) is 25.0. The highest BCUT2D eigenvalue weighted by Crippen LogP contribution is 2.39. The molecule has 3 aromatic carbocycles. The number of H-pyrrole nitrogens is 1. The van der Waals surface area contributed by atoms with Crippen LogP contribution in [0.1, 0.15) is 98.1 Å². The number of ether oxygens (including phenoxy) is 4. The minimum atomic E-state index is -1.26. The minimum Gasteiger partial charge on any atom is -0.429 e. The summed E-state index contributed by atoms with van der Waals surface area (Å²) < 4.78 is 64.8. The summed E-state index contributed by atoms with van der Waals surface area (Å²) in [6, 6.07) is 26.3. The zero-order valence-electron chi connectivity index (χ0n) is 41.0. The minimum absolute atomic E-state index is 0.0365. The van der Waals surface area contributed by atoms with E-state index >= 15 is 0 Å². The van der Waals surface area contributed by atoms with E-state index in [4.69, 9.17) is 18.9 Å². The SMILES string of the molecule is CC[C@H]1OC(Br)[C@@H](F)[C@@H]1C.CC[C@H]1OC(OC(=O)c2ccccc2)[C@@H](F)[C@@H]1C.CC[C@H]1O[C@@H](n2cnc3c(NC(=O)c4ccccc4)ncnc32)[C@@H](F)[C@@H]1C.O=C(Nc1ncnc2nc[nH]c12)c1ccccc1. The predicted molar refractivity (Wildman–Crippen MR) is 271 cm³/mol. The van der Waals surface area contributed by atoms with Crippen LogP contribution in [0.25, 0.3) is 22.3 Å². The largest absolute Gasteiger partial charge is 0.429 e. The highest BCUT2D eigenvalue weighted by atomic mass is 79.9. The molecule has 4 aromatic heterocycles. The van der Waals surface area contributed by atoms with Gasteiger partial charge in [0.05, 0.1) is 36.5 Å². The van der Waals surface area contributed by atoms with E-state index < -0.39 is 37.0 Å². The second kappa shape index (κ2) is 25.3. The number of imidazole rings is 2. The van der Waals surface area contributed by atoms with Crippen LogP contribution in [0.4, 0.5) is 24.8 Å². The van der Waals surface area contributed by atoms with Gasteiger partial charge in [-0.1, -0.05) is 112 Å². The Morgan fingerprint density at radius 1 is 0.630 bits per heavy atom. The standard InChI is InChI=1S/C19H20FN5O2.C14H17FO3.C12H9N5O.C7H12BrFO/c1-3-13-11(2)14(20)19(27-13)25-10-23-15-16(21-9-22-17(15)25)24-18(26)12-7-5-4-6-8-12;1-3-11-9(2)12(15)14(17-11)18-13(16)10-7-5-4-6-8-10;18-12(8-4-2-1-3-5-8)17-11-9-10(14-6-13-9)15-7-16-11;1-3-5-4(2)6(9)7(8)10-5/h4-11,13-14,19H,3H2,1-2H3,(H,21,22,24,26);4-9,11-12,14H,3H2,1-2H3;1-7H,(H2,13,14,15,16,17,18);4-7H,3H2,1-2H3/t11-,13-,14+,19-;9-,11-,12+,14?;;4-,5-,6+,7?/m11.1/s1. The summed E-state index contributed by atoms with van der Waals surface area (Å²) in [6.45, 7) is 11.4. The van der Waals surface area contributed by atoms with E-state index in [1.54, 1.807) is 90.4 Å². The number of hydrogen-bond donors (Lipinski definition) is 3. The fourth-order valence-corrected chi connectivity index (χ4v) is 9.23. The lowest BCUT2D eigenvalue weighted by Gasteiger charge is -2.15. The number of fused-ring (bicyclic) bond motifs is 2. The molecule has 0 saturated carbocycles. The molecule has 3 N–H and O–H groups in total. The van der Waals surface area contributed by atoms with E-state index in [-0.39, 0.29) is 58.7 Å². The van der Waals surface area contributed by atoms with Crippen LogP contribution in [0.3, 0.4) is 0 Å². The van der Waals surface area contributed by atoms with Crippen molar-refractivity contribution in [2.24, 2.45) is 17.8 Å². The molecule has 3 aliphatic rings. The van der Waals surface area contributed by atoms with Gasteiger partial charge in [-0.3, -0.25) is 14.2 Å². The van der Waals surface area contributed by atoms with Crippen LogP contribution < -0.4 is 10.6 Å². The molecule has 0 spiro atoms. The Balaban J connectivity index is 0.000000150. The number of nitrogens with one attached hydrogen (secondary N) is 3. The number of aromatic nitrogens is 8. The van der Waals surface area contributed by atoms with Gasteiger partial charge in [0.25, 0.3) is 11.8 Å². The van der Waals surface area contributed by atoms with Gasteiger partial charge in [0.2, 0.25) is 6.29 Å². The molecule has 2 amide bonds. The third-order valence-electron chi connectivity index (χ3n) is 12.8. The summed E-state index contributed by atoms with van der Waals surface area (Å²) in [5.74, 6) is -0.787. The molecule has 0 radical (unpaired) electrons. The monoisotopic (exact) mass is 1070 g/mol. The molecule has 386 valence electrons. The molecular weight excluding hydrogens is 1010 g/mol. The molecule has 10 rings (SSSR count). The molecule has 3 saturated heterocycles. The van der Waals surface area contributed by atoms with Gasteiger partial charge < -0.3 is 34.6 Å². The van der Waals surface area contributed by atoms with Crippen molar-refractivity contribution in [3.05, 3.63) is 133 Å². The lowest BCUT2D eigenvalue weighted by molar-refractivity contribution is -0.121. The lowest BCUT2D eigenvalue weighted by Crippen LogP contribution is -2.26. The maximum Gasteiger partial charge on any atom is 0.340 e. The van der Waals surface area contributed by atoms with E-state index in [0.29, 0.717) is 51.3 Å². The third kappa shape index (κ3) is 12.9. The first-order chi connectivity index (χ1) is 35.2. The molecular formula is C52H58BrF3N10O7. The van der Waals surface area contributed by atoms with E-state index in [9.17, 15) is 27.6 Å². The topological polar surface area (TPSA) is 210 Å². The number of anilines is 2. The lowest BCUT2D eigenvalue weighted by atomic mass is 10.00. The molecule has 73 heavy (non-hydrogen) atoms. The molecule has 3 aliphatic heterocycles. The number of aromatic amines is 1. The van der Waals surface area contributed by atoms with Gasteiger partial charge in [-0.05, 0) is 55.7 Å². The quantitative estimate of drug-likeness (QED) is 0.0861. The van der Waals surface area contributed by atoms with Crippen LogP contribution in [0.15, 0.2) is 116 Å². The number of nitrogens with zero attached hydrogens (tertiary/aromatic N) is 7. The molecule has 12 atom stereocenters. The van der Waals surface area contributed by atoms with E-state index in [1.807, 2.05) is 46.8 Å². The molecule has 7 heterocycles. The second-order valence-corrected chi connectivity index (χ2v) is 18.5. The van der Waals surface area contributed by atoms with Gasteiger partial charge in [-0.2, -0.15) is 0 Å². The van der Waals surface area contributed by atoms with Crippen molar-refractivity contribution in [1.29, 1.82) is 0 Å². The van der Waals surface area contributed by atoms with Gasteiger partial charge in [0.1, 0.15) is 29.4 Å². The Kier molecular flexibility index (Phi) is 18.8. The highest BCUT2D eigenvalue weighted by Gasteiger charge is 2.45. The van der Waals surface area contributed by atoms with Crippen LogP contribution >= 0.6 is 15.9 Å². The molecule has 0 bridgehead atoms. The Morgan fingerprint density at radius 2 is 1.14 bits per heavy atom. The average Bonchev–Trinajstić information content (AvgIpc) is 4.25. The number of carbonyl (C=O) groups is 3. The van der Waals surface area contributed by atoms with Crippen molar-refractivity contribution < 1.29 is 46.5 Å². The molecule has 0 aliphatic carbocycles. The number of carbonyl (C=O) groups excluding carboxylic acids is 3. The second-order valence-electron chi connectivity index (χ2n) is 17.6. The normalized spacial score (nSPS) is 26.1. The van der Waals surface area contributed by atoms with Crippen molar-refractivity contribution in [2.75, 3.05) is 10.6 Å². The molecule has 7 aromatic rings. The molecule has 21 heteroatoms. The van der Waals surface area contributed by atoms with Crippen molar-refractivity contribution >= 4 is 67.7 Å². The maximum absolute atomic E-state index is 14.8. The predicted octanol–water partition coefficient (Wildman–Crippen LogP) is 10.4. The fraction of sp³-hybridized carbons (Fsp3) is 0.404. The maximum atomic E-state index is 14.8. The van der Waals surface area contributed by atoms with Crippen LogP contribution in [0, 0.1) is 17.8 Å². The number of halogens is 4. The molecule has 17 nitrogen and oxygen atoms in total. The van der Waals surface area contributed by atoms with Crippen molar-refractivity contribution in [3.63, 3.8) is 0 Å². The summed E-state index contributed by atoms with van der Waals surface area (Å²) >= 11 is 3.13. The summed E-state index contributed by atoms with van der Waals surface area (Å²) in [6.07, 6.45) is 2.64. The Hall–Kier alpha value is -6.68.